The van der Waals surface area contributed by atoms with E-state index in [0.717, 1.165) is 12.0 Å². The van der Waals surface area contributed by atoms with E-state index in [2.05, 4.69) is 15.8 Å². The monoisotopic (exact) mass is 437 g/mol. The Morgan fingerprint density at radius 1 is 1.10 bits per heavy atom. The van der Waals surface area contributed by atoms with Crippen LogP contribution in [0.3, 0.4) is 0 Å². The third kappa shape index (κ3) is 4.32. The van der Waals surface area contributed by atoms with Gasteiger partial charge in [0.25, 0.3) is 11.8 Å². The quantitative estimate of drug-likeness (QED) is 0.516. The number of anilines is 1. The molecule has 158 valence electrons. The van der Waals surface area contributed by atoms with Crippen LogP contribution in [0.5, 0.6) is 5.75 Å². The van der Waals surface area contributed by atoms with E-state index in [1.54, 1.807) is 43.3 Å². The molecule has 8 heteroatoms. The van der Waals surface area contributed by atoms with Crippen molar-refractivity contribution in [2.75, 3.05) is 5.32 Å². The Morgan fingerprint density at radius 3 is 2.68 bits per heavy atom. The van der Waals surface area contributed by atoms with Crippen molar-refractivity contribution in [1.29, 1.82) is 0 Å². The molecule has 1 heterocycles. The molecular weight excluding hydrogens is 418 g/mol. The number of aromatic hydroxyl groups is 1. The summed E-state index contributed by atoms with van der Waals surface area (Å²) in [5.41, 5.74) is 5.22. The molecule has 2 aromatic carbocycles. The summed E-state index contributed by atoms with van der Waals surface area (Å²) in [6.45, 7) is 1.79. The van der Waals surface area contributed by atoms with Crippen molar-refractivity contribution in [1.82, 2.24) is 5.43 Å². The number of fused-ring (bicyclic) bond motifs is 1. The zero-order chi connectivity index (χ0) is 22.0. The number of amides is 2. The molecule has 0 radical (unpaired) electrons. The van der Waals surface area contributed by atoms with Gasteiger partial charge in [0.2, 0.25) is 0 Å². The number of aryl methyl sites for hydroxylation is 1. The van der Waals surface area contributed by atoms with E-state index in [4.69, 9.17) is 16.0 Å². The van der Waals surface area contributed by atoms with Gasteiger partial charge < -0.3 is 14.8 Å². The molecule has 31 heavy (non-hydrogen) atoms. The molecular formula is C23H20ClN3O4. The van der Waals surface area contributed by atoms with Gasteiger partial charge in [0.05, 0.1) is 11.3 Å². The Morgan fingerprint density at radius 2 is 1.90 bits per heavy atom. The molecule has 3 aromatic rings. The van der Waals surface area contributed by atoms with Crippen LogP contribution in [-0.4, -0.2) is 22.6 Å². The van der Waals surface area contributed by atoms with Gasteiger partial charge in [-0.25, -0.2) is 5.43 Å². The number of nitrogens with zero attached hydrogens (tertiary/aromatic N) is 1. The molecule has 4 rings (SSSR count). The molecule has 0 saturated heterocycles. The molecule has 2 amide bonds. The minimum atomic E-state index is -0.516. The summed E-state index contributed by atoms with van der Waals surface area (Å²) in [4.78, 5) is 25.1. The first-order valence-corrected chi connectivity index (χ1v) is 10.2. The highest BCUT2D eigenvalue weighted by Crippen LogP contribution is 2.30. The molecule has 1 aliphatic carbocycles. The summed E-state index contributed by atoms with van der Waals surface area (Å²) in [5.74, 6) is -0.157. The van der Waals surface area contributed by atoms with Crippen LogP contribution in [0.25, 0.3) is 0 Å². The number of para-hydroxylation sites is 1. The maximum absolute atomic E-state index is 12.8. The van der Waals surface area contributed by atoms with Crippen molar-refractivity contribution in [2.24, 2.45) is 5.10 Å². The highest BCUT2D eigenvalue weighted by atomic mass is 35.5. The topological polar surface area (TPSA) is 104 Å². The summed E-state index contributed by atoms with van der Waals surface area (Å²) in [5, 5.41) is 17.4. The minimum Gasteiger partial charge on any atom is -0.507 e. The van der Waals surface area contributed by atoms with Gasteiger partial charge in [-0.05, 0) is 50.1 Å². The number of phenols is 1. The first kappa shape index (κ1) is 20.7. The van der Waals surface area contributed by atoms with Crippen LogP contribution < -0.4 is 10.7 Å². The van der Waals surface area contributed by atoms with Crippen molar-refractivity contribution in [2.45, 2.75) is 26.2 Å². The predicted octanol–water partition coefficient (Wildman–Crippen LogP) is 4.67. The third-order valence-electron chi connectivity index (χ3n) is 5.06. The van der Waals surface area contributed by atoms with E-state index < -0.39 is 5.91 Å². The SMILES string of the molecule is Cc1c(C(=O)Nc2cccc(Cl)c2)oc2c1/C(=N/NC(=O)c1ccccc1O)CCC2. The summed E-state index contributed by atoms with van der Waals surface area (Å²) in [7, 11) is 0. The predicted molar refractivity (Wildman–Crippen MR) is 118 cm³/mol. The fourth-order valence-corrected chi connectivity index (χ4v) is 3.79. The van der Waals surface area contributed by atoms with Gasteiger partial charge in [-0.15, -0.1) is 0 Å². The number of hydrazone groups is 1. The van der Waals surface area contributed by atoms with Crippen molar-refractivity contribution < 1.29 is 19.1 Å². The lowest BCUT2D eigenvalue weighted by molar-refractivity contribution is 0.0950. The minimum absolute atomic E-state index is 0.121. The normalized spacial score (nSPS) is 14.2. The van der Waals surface area contributed by atoms with Gasteiger partial charge in [0.1, 0.15) is 11.5 Å². The highest BCUT2D eigenvalue weighted by Gasteiger charge is 2.28. The molecule has 0 atom stereocenters. The number of hydrogen-bond acceptors (Lipinski definition) is 5. The largest absolute Gasteiger partial charge is 0.507 e. The first-order valence-electron chi connectivity index (χ1n) is 9.78. The van der Waals surface area contributed by atoms with E-state index >= 15 is 0 Å². The van der Waals surface area contributed by atoms with Crippen LogP contribution >= 0.6 is 11.6 Å². The Bertz CT molecular complexity index is 1200. The van der Waals surface area contributed by atoms with Crippen LogP contribution in [-0.2, 0) is 6.42 Å². The van der Waals surface area contributed by atoms with Crippen molar-refractivity contribution in [3.63, 3.8) is 0 Å². The maximum Gasteiger partial charge on any atom is 0.291 e. The average molecular weight is 438 g/mol. The number of halogens is 1. The number of phenolic OH excluding ortho intramolecular Hbond substituents is 1. The second-order valence-electron chi connectivity index (χ2n) is 7.19. The second-order valence-corrected chi connectivity index (χ2v) is 7.63. The number of hydrogen-bond donors (Lipinski definition) is 3. The van der Waals surface area contributed by atoms with E-state index in [1.165, 1.54) is 12.1 Å². The van der Waals surface area contributed by atoms with E-state index in [-0.39, 0.29) is 23.0 Å². The Kier molecular flexibility index (Phi) is 5.77. The van der Waals surface area contributed by atoms with Gasteiger partial charge in [-0.1, -0.05) is 29.8 Å². The van der Waals surface area contributed by atoms with E-state index in [1.807, 2.05) is 0 Å². The van der Waals surface area contributed by atoms with Gasteiger partial charge in [0.15, 0.2) is 5.76 Å². The Hall–Kier alpha value is -3.58. The van der Waals surface area contributed by atoms with Crippen LogP contribution in [0.15, 0.2) is 58.0 Å². The lowest BCUT2D eigenvalue weighted by atomic mass is 9.93. The van der Waals surface area contributed by atoms with Crippen LogP contribution in [0.2, 0.25) is 5.02 Å². The Labute approximate surface area is 183 Å². The van der Waals surface area contributed by atoms with Crippen molar-refractivity contribution in [3.05, 3.63) is 81.8 Å². The second kappa shape index (κ2) is 8.65. The summed E-state index contributed by atoms with van der Waals surface area (Å²) in [6, 6.07) is 13.1. The number of furan rings is 1. The smallest absolute Gasteiger partial charge is 0.291 e. The lowest BCUT2D eigenvalue weighted by Gasteiger charge is -2.13. The van der Waals surface area contributed by atoms with Crippen LogP contribution in [0.1, 0.15) is 50.6 Å². The summed E-state index contributed by atoms with van der Waals surface area (Å²) in [6.07, 6.45) is 2.08. The lowest BCUT2D eigenvalue weighted by Crippen LogP contribution is -2.22. The number of benzene rings is 2. The average Bonchev–Trinajstić information content (AvgIpc) is 3.10. The van der Waals surface area contributed by atoms with Crippen LogP contribution in [0, 0.1) is 6.92 Å². The number of nitrogens with one attached hydrogen (secondary N) is 2. The molecule has 0 aliphatic heterocycles. The van der Waals surface area contributed by atoms with Gasteiger partial charge in [0, 0.05) is 28.3 Å². The van der Waals surface area contributed by atoms with E-state index in [9.17, 15) is 14.7 Å². The molecule has 0 spiro atoms. The number of rotatable bonds is 4. The maximum atomic E-state index is 12.8. The molecule has 0 bridgehead atoms. The van der Waals surface area contributed by atoms with Gasteiger partial charge >= 0.3 is 0 Å². The molecule has 0 unspecified atom stereocenters. The zero-order valence-electron chi connectivity index (χ0n) is 16.7. The Balaban J connectivity index is 1.58. The van der Waals surface area contributed by atoms with E-state index in [0.29, 0.717) is 40.6 Å². The zero-order valence-corrected chi connectivity index (χ0v) is 17.5. The summed E-state index contributed by atoms with van der Waals surface area (Å²) < 4.78 is 5.86. The molecule has 0 saturated carbocycles. The first-order chi connectivity index (χ1) is 14.9. The van der Waals surface area contributed by atoms with Crippen molar-refractivity contribution in [3.8, 4) is 5.75 Å². The molecule has 1 aromatic heterocycles. The van der Waals surface area contributed by atoms with Crippen LogP contribution in [0.4, 0.5) is 5.69 Å². The highest BCUT2D eigenvalue weighted by molar-refractivity contribution is 6.31. The number of carbonyl (C=O) groups excluding carboxylic acids is 2. The third-order valence-corrected chi connectivity index (χ3v) is 5.29. The summed E-state index contributed by atoms with van der Waals surface area (Å²) >= 11 is 5.98. The fraction of sp³-hybridized carbons (Fsp3) is 0.174. The standard InChI is InChI=1S/C23H20ClN3O4/c1-13-20-17(26-27-22(29)16-8-2-3-10-18(16)28)9-5-11-19(20)31-21(13)23(30)25-15-7-4-6-14(24)12-15/h2-4,6-8,10,12,28H,5,9,11H2,1H3,(H,25,30)(H,27,29)/b26-17+. The fourth-order valence-electron chi connectivity index (χ4n) is 3.59. The number of carbonyl (C=O) groups is 2. The van der Waals surface area contributed by atoms with Crippen molar-refractivity contribution >= 4 is 34.8 Å². The molecule has 0 fully saturated rings. The molecule has 7 nitrogen and oxygen atoms in total. The van der Waals surface area contributed by atoms with Gasteiger partial charge in [-0.3, -0.25) is 9.59 Å². The molecule has 1 aliphatic rings. The molecule has 3 N–H and O–H groups in total. The van der Waals surface area contributed by atoms with Gasteiger partial charge in [-0.2, -0.15) is 5.10 Å².